The summed E-state index contributed by atoms with van der Waals surface area (Å²) in [6.07, 6.45) is 44.8. The second-order valence-electron chi connectivity index (χ2n) is 11.9. The molecule has 0 heterocycles. The molecular weight excluding hydrogens is 530 g/mol. The van der Waals surface area contributed by atoms with Crippen LogP contribution in [0.25, 0.3) is 0 Å². The third-order valence-corrected chi connectivity index (χ3v) is 7.63. The van der Waals surface area contributed by atoms with Gasteiger partial charge in [-0.05, 0) is 77.0 Å². The number of rotatable bonds is 31. The first kappa shape index (κ1) is 40.9. The highest BCUT2D eigenvalue weighted by Crippen LogP contribution is 2.09. The van der Waals surface area contributed by atoms with Crippen LogP contribution in [0.3, 0.4) is 0 Å². The molecule has 0 saturated heterocycles. The molecule has 0 aromatic rings. The van der Waals surface area contributed by atoms with Gasteiger partial charge in [0.25, 0.3) is 5.91 Å². The lowest BCUT2D eigenvalue weighted by molar-refractivity contribution is -0.128. The van der Waals surface area contributed by atoms with Crippen LogP contribution in [0.5, 0.6) is 0 Å². The highest BCUT2D eigenvalue weighted by Gasteiger charge is 2.15. The molecule has 1 atom stereocenters. The molecule has 0 aliphatic rings. The van der Waals surface area contributed by atoms with Crippen molar-refractivity contribution in [2.75, 3.05) is 6.54 Å². The third-order valence-electron chi connectivity index (χ3n) is 7.63. The molecule has 0 aliphatic carbocycles. The van der Waals surface area contributed by atoms with E-state index in [1.54, 1.807) is 0 Å². The van der Waals surface area contributed by atoms with Gasteiger partial charge in [-0.1, -0.05) is 133 Å². The second-order valence-corrected chi connectivity index (χ2v) is 11.9. The van der Waals surface area contributed by atoms with E-state index in [2.05, 4.69) is 73.1 Å². The zero-order valence-electron chi connectivity index (χ0n) is 28.3. The van der Waals surface area contributed by atoms with Gasteiger partial charge in [0.1, 0.15) is 0 Å². The van der Waals surface area contributed by atoms with Gasteiger partial charge in [0.15, 0.2) is 6.17 Å². The molecule has 5 nitrogen and oxygen atoms in total. The maximum absolute atomic E-state index is 12.2. The van der Waals surface area contributed by atoms with E-state index in [0.29, 0.717) is 13.0 Å². The van der Waals surface area contributed by atoms with Crippen molar-refractivity contribution in [2.24, 2.45) is 5.73 Å². The summed E-state index contributed by atoms with van der Waals surface area (Å²) in [4.78, 5) is 24.3. The van der Waals surface area contributed by atoms with Crippen LogP contribution >= 0.6 is 0 Å². The van der Waals surface area contributed by atoms with Gasteiger partial charge < -0.3 is 16.4 Å². The first-order valence-corrected chi connectivity index (χ1v) is 18.0. The Balaban J connectivity index is 3.53. The topological polar surface area (TPSA) is 84.2 Å². The Morgan fingerprint density at radius 3 is 1.40 bits per heavy atom. The van der Waals surface area contributed by atoms with Gasteiger partial charge >= 0.3 is 0 Å². The molecule has 0 bridgehead atoms. The molecule has 0 spiro atoms. The third kappa shape index (κ3) is 32.6. The van der Waals surface area contributed by atoms with Crippen molar-refractivity contribution < 1.29 is 9.59 Å². The number of nitrogens with one attached hydrogen (secondary N) is 2. The Morgan fingerprint density at radius 2 is 0.930 bits per heavy atom. The first-order chi connectivity index (χ1) is 21.1. The summed E-state index contributed by atoms with van der Waals surface area (Å²) in [5.74, 6) is -0.432. The highest BCUT2D eigenvalue weighted by atomic mass is 16.2. The van der Waals surface area contributed by atoms with Crippen molar-refractivity contribution in [3.63, 3.8) is 0 Å². The van der Waals surface area contributed by atoms with E-state index in [9.17, 15) is 9.59 Å². The standard InChI is InChI=1S/C38H69N3O2/c1-3-5-7-9-11-13-15-17-19-21-23-25-27-29-31-33-35-40-38(43)37(39)41-36(42)34-32-30-28-26-24-22-20-18-16-14-12-10-8-6-4-2/h11-14,17-20,37H,3-10,15-16,21-35,39H2,1-2H3,(H,40,43)(H,41,42). The SMILES string of the molecule is CCCCCC=CCC=CCCCCCCCCNC(=O)C(N)NC(=O)CCCCCCCC=CCC=CCCCCC. The smallest absolute Gasteiger partial charge is 0.257 e. The van der Waals surface area contributed by atoms with Gasteiger partial charge in [-0.25, -0.2) is 0 Å². The molecule has 0 fully saturated rings. The minimum absolute atomic E-state index is 0.137. The van der Waals surface area contributed by atoms with Crippen LogP contribution in [0.2, 0.25) is 0 Å². The van der Waals surface area contributed by atoms with Crippen LogP contribution in [0.1, 0.15) is 168 Å². The predicted octanol–water partition coefficient (Wildman–Crippen LogP) is 10.1. The van der Waals surface area contributed by atoms with E-state index in [0.717, 1.165) is 51.4 Å². The molecule has 0 saturated carbocycles. The molecule has 0 rings (SSSR count). The monoisotopic (exact) mass is 600 g/mol. The molecule has 2 amide bonds. The fraction of sp³-hybridized carbons (Fsp3) is 0.737. The van der Waals surface area contributed by atoms with Crippen LogP contribution in [-0.4, -0.2) is 24.5 Å². The number of amides is 2. The summed E-state index contributed by atoms with van der Waals surface area (Å²) in [5.41, 5.74) is 5.88. The zero-order valence-corrected chi connectivity index (χ0v) is 28.3. The molecule has 0 aromatic heterocycles. The quantitative estimate of drug-likeness (QED) is 0.0421. The normalized spacial score (nSPS) is 12.7. The molecule has 4 N–H and O–H groups in total. The number of carbonyl (C=O) groups is 2. The molecule has 5 heteroatoms. The first-order valence-electron chi connectivity index (χ1n) is 18.0. The van der Waals surface area contributed by atoms with E-state index in [-0.39, 0.29) is 11.8 Å². The van der Waals surface area contributed by atoms with Crippen molar-refractivity contribution in [1.82, 2.24) is 10.6 Å². The van der Waals surface area contributed by atoms with Crippen LogP contribution in [0, 0.1) is 0 Å². The van der Waals surface area contributed by atoms with E-state index < -0.39 is 6.17 Å². The molecule has 43 heavy (non-hydrogen) atoms. The second kappa shape index (κ2) is 34.4. The maximum atomic E-state index is 12.2. The summed E-state index contributed by atoms with van der Waals surface area (Å²) < 4.78 is 0. The molecule has 0 aliphatic heterocycles. The average molecular weight is 600 g/mol. The van der Waals surface area contributed by atoms with Gasteiger partial charge in [0, 0.05) is 13.0 Å². The average Bonchev–Trinajstić information content (AvgIpc) is 3.00. The van der Waals surface area contributed by atoms with Gasteiger partial charge in [-0.3, -0.25) is 9.59 Å². The van der Waals surface area contributed by atoms with Crippen LogP contribution in [0.15, 0.2) is 48.6 Å². The summed E-state index contributed by atoms with van der Waals surface area (Å²) in [6.45, 7) is 5.10. The van der Waals surface area contributed by atoms with E-state index in [4.69, 9.17) is 5.73 Å². The number of allylic oxidation sites excluding steroid dienone is 8. The fourth-order valence-corrected chi connectivity index (χ4v) is 4.84. The predicted molar refractivity (Wildman–Crippen MR) is 188 cm³/mol. The molecule has 0 aromatic carbocycles. The largest absolute Gasteiger partial charge is 0.353 e. The van der Waals surface area contributed by atoms with Crippen LogP contribution in [-0.2, 0) is 9.59 Å². The van der Waals surface area contributed by atoms with Crippen LogP contribution in [0.4, 0.5) is 0 Å². The lowest BCUT2D eigenvalue weighted by atomic mass is 10.1. The van der Waals surface area contributed by atoms with Crippen molar-refractivity contribution >= 4 is 11.8 Å². The minimum Gasteiger partial charge on any atom is -0.353 e. The van der Waals surface area contributed by atoms with Crippen LogP contribution < -0.4 is 16.4 Å². The van der Waals surface area contributed by atoms with Gasteiger partial charge in [-0.15, -0.1) is 0 Å². The highest BCUT2D eigenvalue weighted by molar-refractivity contribution is 5.86. The van der Waals surface area contributed by atoms with E-state index >= 15 is 0 Å². The number of hydrogen-bond donors (Lipinski definition) is 3. The number of nitrogens with two attached hydrogens (primary N) is 1. The Kier molecular flexibility index (Phi) is 32.6. The number of hydrogen-bond acceptors (Lipinski definition) is 3. The molecule has 0 radical (unpaired) electrons. The minimum atomic E-state index is -0.963. The fourth-order valence-electron chi connectivity index (χ4n) is 4.84. The Bertz CT molecular complexity index is 741. The van der Waals surface area contributed by atoms with Gasteiger partial charge in [0.05, 0.1) is 0 Å². The van der Waals surface area contributed by atoms with Gasteiger partial charge in [0.2, 0.25) is 5.91 Å². The van der Waals surface area contributed by atoms with Gasteiger partial charge in [-0.2, -0.15) is 0 Å². The summed E-state index contributed by atoms with van der Waals surface area (Å²) in [5, 5.41) is 5.50. The van der Waals surface area contributed by atoms with E-state index in [1.807, 2.05) is 0 Å². The van der Waals surface area contributed by atoms with Crippen molar-refractivity contribution in [1.29, 1.82) is 0 Å². The summed E-state index contributed by atoms with van der Waals surface area (Å²) >= 11 is 0. The summed E-state index contributed by atoms with van der Waals surface area (Å²) in [6, 6.07) is 0. The zero-order chi connectivity index (χ0) is 31.5. The Labute approximate surface area is 266 Å². The molecular formula is C38H69N3O2. The lowest BCUT2D eigenvalue weighted by Crippen LogP contribution is -2.52. The lowest BCUT2D eigenvalue weighted by Gasteiger charge is -2.14. The van der Waals surface area contributed by atoms with Crippen molar-refractivity contribution in [2.45, 2.75) is 174 Å². The van der Waals surface area contributed by atoms with E-state index in [1.165, 1.54) is 96.3 Å². The molecule has 248 valence electrons. The molecule has 1 unspecified atom stereocenters. The van der Waals surface area contributed by atoms with Crippen molar-refractivity contribution in [3.05, 3.63) is 48.6 Å². The van der Waals surface area contributed by atoms with Crippen molar-refractivity contribution in [3.8, 4) is 0 Å². The summed E-state index contributed by atoms with van der Waals surface area (Å²) in [7, 11) is 0. The Morgan fingerprint density at radius 1 is 0.535 bits per heavy atom. The number of unbranched alkanes of at least 4 members (excludes halogenated alkanes) is 17. The Hall–Kier alpha value is -2.14. The maximum Gasteiger partial charge on any atom is 0.257 e. The number of carbonyl (C=O) groups excluding carboxylic acids is 2.